The van der Waals surface area contributed by atoms with Crippen LogP contribution in [0.2, 0.25) is 0 Å². The third-order valence-corrected chi connectivity index (χ3v) is 2.93. The first-order chi connectivity index (χ1) is 6.08. The van der Waals surface area contributed by atoms with Crippen molar-refractivity contribution in [2.75, 3.05) is 0 Å². The molecule has 1 aliphatic heterocycles. The van der Waals surface area contributed by atoms with E-state index in [0.717, 1.165) is 0 Å². The Kier molecular flexibility index (Phi) is 1.63. The standard InChI is InChI=1S/C8H7NO3S/c10-8-7-4-2-1-3-6(7)5-13(11,12)9-8/h1-4H,5H2,(H,9,10)/p-1. The normalized spacial score (nSPS) is 18.9. The molecule has 0 unspecified atom stereocenters. The molecule has 0 N–H and O–H groups in total. The van der Waals surface area contributed by atoms with Crippen LogP contribution in [0.25, 0.3) is 0 Å². The summed E-state index contributed by atoms with van der Waals surface area (Å²) < 4.78 is 25.2. The quantitative estimate of drug-likeness (QED) is 0.568. The van der Waals surface area contributed by atoms with Gasteiger partial charge in [0, 0.05) is 5.90 Å². The van der Waals surface area contributed by atoms with Crippen molar-refractivity contribution in [3.8, 4) is 0 Å². The highest BCUT2D eigenvalue weighted by Crippen LogP contribution is 2.18. The molecule has 2 rings (SSSR count). The molecule has 0 spiro atoms. The van der Waals surface area contributed by atoms with E-state index in [2.05, 4.69) is 4.40 Å². The first-order valence-electron chi connectivity index (χ1n) is 3.66. The van der Waals surface area contributed by atoms with Crippen LogP contribution in [0.15, 0.2) is 28.7 Å². The minimum absolute atomic E-state index is 0.172. The predicted molar refractivity (Wildman–Crippen MR) is 45.6 cm³/mol. The van der Waals surface area contributed by atoms with Crippen LogP contribution in [0.1, 0.15) is 11.1 Å². The minimum Gasteiger partial charge on any atom is -0.858 e. The molecule has 0 fully saturated rings. The second-order valence-corrected chi connectivity index (χ2v) is 4.41. The van der Waals surface area contributed by atoms with Crippen LogP contribution in [-0.2, 0) is 15.8 Å². The lowest BCUT2D eigenvalue weighted by atomic mass is 10.1. The number of rotatable bonds is 0. The monoisotopic (exact) mass is 196 g/mol. The topological polar surface area (TPSA) is 69.6 Å². The average Bonchev–Trinajstić information content (AvgIpc) is 2.02. The third-order valence-electron chi connectivity index (χ3n) is 1.81. The van der Waals surface area contributed by atoms with Gasteiger partial charge in [0.25, 0.3) is 10.0 Å². The van der Waals surface area contributed by atoms with Gasteiger partial charge in [-0.25, -0.2) is 8.42 Å². The van der Waals surface area contributed by atoms with Crippen LogP contribution in [-0.4, -0.2) is 14.3 Å². The SMILES string of the molecule is O=S1(=O)Cc2ccccc2C([O-])=N1. The van der Waals surface area contributed by atoms with Crippen LogP contribution in [0.3, 0.4) is 0 Å². The molecule has 5 heteroatoms. The summed E-state index contributed by atoms with van der Waals surface area (Å²) in [4.78, 5) is 0. The smallest absolute Gasteiger partial charge is 0.256 e. The average molecular weight is 196 g/mol. The zero-order valence-corrected chi connectivity index (χ0v) is 7.41. The fourth-order valence-electron chi connectivity index (χ4n) is 1.26. The Morgan fingerprint density at radius 2 is 2.00 bits per heavy atom. The first kappa shape index (κ1) is 8.25. The number of benzene rings is 1. The first-order valence-corrected chi connectivity index (χ1v) is 5.27. The number of fused-ring (bicyclic) bond motifs is 1. The third kappa shape index (κ3) is 1.42. The van der Waals surface area contributed by atoms with E-state index >= 15 is 0 Å². The predicted octanol–water partition coefficient (Wildman–Crippen LogP) is -0.363. The Bertz CT molecular complexity index is 476. The molecule has 13 heavy (non-hydrogen) atoms. The van der Waals surface area contributed by atoms with Gasteiger partial charge in [-0.05, 0) is 11.1 Å². The van der Waals surface area contributed by atoms with Crippen LogP contribution >= 0.6 is 0 Å². The Labute approximate surface area is 75.6 Å². The molecule has 1 heterocycles. The lowest BCUT2D eigenvalue weighted by Gasteiger charge is -2.19. The van der Waals surface area contributed by atoms with Crippen molar-refractivity contribution in [1.29, 1.82) is 0 Å². The van der Waals surface area contributed by atoms with Crippen molar-refractivity contribution in [1.82, 2.24) is 0 Å². The van der Waals surface area contributed by atoms with Gasteiger partial charge in [0.2, 0.25) is 0 Å². The summed E-state index contributed by atoms with van der Waals surface area (Å²) in [5.74, 6) is -0.837. The fraction of sp³-hybridized carbons (Fsp3) is 0.125. The molecule has 0 amide bonds. The Morgan fingerprint density at radius 1 is 1.31 bits per heavy atom. The van der Waals surface area contributed by atoms with E-state index in [4.69, 9.17) is 0 Å². The molecule has 68 valence electrons. The number of sulfonamides is 1. The minimum atomic E-state index is -3.57. The summed E-state index contributed by atoms with van der Waals surface area (Å²) in [6, 6.07) is 6.59. The maximum atomic E-state index is 11.2. The summed E-state index contributed by atoms with van der Waals surface area (Å²) in [5.41, 5.74) is 0.917. The molecule has 0 atom stereocenters. The summed E-state index contributed by atoms with van der Waals surface area (Å²) in [5, 5.41) is 11.2. The molecule has 0 aliphatic carbocycles. The van der Waals surface area contributed by atoms with Gasteiger partial charge in [-0.3, -0.25) is 0 Å². The molecular weight excluding hydrogens is 190 g/mol. The van der Waals surface area contributed by atoms with E-state index in [0.29, 0.717) is 11.1 Å². The lowest BCUT2D eigenvalue weighted by Crippen LogP contribution is -2.26. The second-order valence-electron chi connectivity index (χ2n) is 2.78. The zero-order valence-electron chi connectivity index (χ0n) is 6.60. The highest BCUT2D eigenvalue weighted by atomic mass is 32.2. The molecule has 0 radical (unpaired) electrons. The van der Waals surface area contributed by atoms with E-state index in [-0.39, 0.29) is 5.75 Å². The van der Waals surface area contributed by atoms with Gasteiger partial charge in [0.1, 0.15) is 0 Å². The van der Waals surface area contributed by atoms with E-state index < -0.39 is 15.9 Å². The van der Waals surface area contributed by atoms with E-state index in [1.165, 1.54) is 0 Å². The summed E-state index contributed by atoms with van der Waals surface area (Å²) in [6.07, 6.45) is 0. The molecule has 0 saturated carbocycles. The molecule has 4 nitrogen and oxygen atoms in total. The van der Waals surface area contributed by atoms with Gasteiger partial charge in [0.15, 0.2) is 0 Å². The van der Waals surface area contributed by atoms with Crippen molar-refractivity contribution in [3.63, 3.8) is 0 Å². The Morgan fingerprint density at radius 3 is 2.77 bits per heavy atom. The van der Waals surface area contributed by atoms with Gasteiger partial charge in [0.05, 0.1) is 5.75 Å². The Balaban J connectivity index is 2.68. The van der Waals surface area contributed by atoms with Crippen molar-refractivity contribution in [3.05, 3.63) is 35.4 Å². The number of hydrogen-bond donors (Lipinski definition) is 0. The molecule has 0 aromatic heterocycles. The highest BCUT2D eigenvalue weighted by Gasteiger charge is 2.17. The Hall–Kier alpha value is -1.36. The van der Waals surface area contributed by atoms with Gasteiger partial charge >= 0.3 is 0 Å². The van der Waals surface area contributed by atoms with Crippen molar-refractivity contribution < 1.29 is 13.5 Å². The maximum Gasteiger partial charge on any atom is 0.256 e. The molecule has 0 saturated heterocycles. The maximum absolute atomic E-state index is 11.2. The molecule has 1 aromatic rings. The summed E-state index contributed by atoms with van der Waals surface area (Å²) in [7, 11) is -3.57. The largest absolute Gasteiger partial charge is 0.858 e. The van der Waals surface area contributed by atoms with Crippen LogP contribution in [0.4, 0.5) is 0 Å². The number of hydrogen-bond acceptors (Lipinski definition) is 3. The van der Waals surface area contributed by atoms with Crippen molar-refractivity contribution in [2.24, 2.45) is 4.40 Å². The van der Waals surface area contributed by atoms with Gasteiger partial charge < -0.3 is 5.11 Å². The molecule has 0 bridgehead atoms. The van der Waals surface area contributed by atoms with E-state index in [1.54, 1.807) is 24.3 Å². The van der Waals surface area contributed by atoms with Gasteiger partial charge in [-0.1, -0.05) is 24.3 Å². The number of nitrogens with zero attached hydrogens (tertiary/aromatic N) is 1. The van der Waals surface area contributed by atoms with Gasteiger partial charge in [-0.2, -0.15) is 4.40 Å². The van der Waals surface area contributed by atoms with Crippen LogP contribution in [0, 0.1) is 0 Å². The summed E-state index contributed by atoms with van der Waals surface area (Å²) >= 11 is 0. The van der Waals surface area contributed by atoms with E-state index in [1.807, 2.05) is 0 Å². The zero-order chi connectivity index (χ0) is 9.47. The van der Waals surface area contributed by atoms with Crippen LogP contribution < -0.4 is 5.11 Å². The highest BCUT2D eigenvalue weighted by molar-refractivity contribution is 7.89. The van der Waals surface area contributed by atoms with E-state index in [9.17, 15) is 13.5 Å². The van der Waals surface area contributed by atoms with Crippen LogP contribution in [0.5, 0.6) is 0 Å². The molecule has 1 aromatic carbocycles. The fourth-order valence-corrected chi connectivity index (χ4v) is 2.32. The summed E-state index contributed by atoms with van der Waals surface area (Å²) in [6.45, 7) is 0. The van der Waals surface area contributed by atoms with Crippen molar-refractivity contribution in [2.45, 2.75) is 5.75 Å². The van der Waals surface area contributed by atoms with Crippen molar-refractivity contribution >= 4 is 15.9 Å². The molecular formula is C8H6NO3S-. The second kappa shape index (κ2) is 2.56. The lowest BCUT2D eigenvalue weighted by molar-refractivity contribution is -0.212. The van der Waals surface area contributed by atoms with Gasteiger partial charge in [-0.15, -0.1) is 0 Å². The molecule has 1 aliphatic rings.